The van der Waals surface area contributed by atoms with E-state index in [0.29, 0.717) is 0 Å². The van der Waals surface area contributed by atoms with E-state index in [1.807, 2.05) is 0 Å². The fourth-order valence-corrected chi connectivity index (χ4v) is 1.18. The predicted molar refractivity (Wildman–Crippen MR) is 44.1 cm³/mol. The maximum Gasteiger partial charge on any atom is 0.218 e. The van der Waals surface area contributed by atoms with E-state index in [1.165, 1.54) is 0 Å². The summed E-state index contributed by atoms with van der Waals surface area (Å²) < 4.78 is 22.2. The highest BCUT2D eigenvalue weighted by Crippen LogP contribution is 2.05. The quantitative estimate of drug-likeness (QED) is 0.676. The molecule has 0 aliphatic heterocycles. The lowest BCUT2D eigenvalue weighted by atomic mass is 10.5. The molecule has 0 atom stereocenters. The largest absolute Gasteiger partial charge is 0.241 e. The summed E-state index contributed by atoms with van der Waals surface area (Å²) in [6.07, 6.45) is 2.12. The van der Waals surface area contributed by atoms with Gasteiger partial charge in [-0.2, -0.15) is 5.26 Å². The first-order valence-electron chi connectivity index (χ1n) is 3.20. The van der Waals surface area contributed by atoms with Gasteiger partial charge in [0.25, 0.3) is 0 Å². The Kier molecular flexibility index (Phi) is 2.39. The van der Waals surface area contributed by atoms with Crippen molar-refractivity contribution >= 4 is 9.84 Å². The van der Waals surface area contributed by atoms with E-state index < -0.39 is 9.84 Å². The second kappa shape index (κ2) is 3.33. The molecule has 0 saturated carbocycles. The van der Waals surface area contributed by atoms with Gasteiger partial charge in [0.2, 0.25) is 9.84 Å². The van der Waals surface area contributed by atoms with E-state index in [9.17, 15) is 8.42 Å². The van der Waals surface area contributed by atoms with Gasteiger partial charge in [-0.15, -0.1) is 0 Å². The predicted octanol–water partition coefficient (Wildman–Crippen LogP) is 0.265. The molecule has 0 saturated heterocycles. The molecule has 0 spiro atoms. The van der Waals surface area contributed by atoms with Crippen LogP contribution in [0.15, 0.2) is 29.4 Å². The topological polar surface area (TPSA) is 83.7 Å². The minimum atomic E-state index is -3.54. The third-order valence-electron chi connectivity index (χ3n) is 1.25. The fourth-order valence-electron chi connectivity index (χ4n) is 0.606. The molecule has 66 valence electrons. The second-order valence-corrected chi connectivity index (χ2v) is 3.90. The number of hydrogen-bond acceptors (Lipinski definition) is 5. The smallest absolute Gasteiger partial charge is 0.218 e. The van der Waals surface area contributed by atoms with Crippen molar-refractivity contribution in [2.24, 2.45) is 0 Å². The van der Waals surface area contributed by atoms with Crippen molar-refractivity contribution in [1.82, 2.24) is 9.97 Å². The third-order valence-corrected chi connectivity index (χ3v) is 2.49. The highest BCUT2D eigenvalue weighted by atomic mass is 32.2. The van der Waals surface area contributed by atoms with Crippen molar-refractivity contribution in [2.45, 2.75) is 5.03 Å². The Morgan fingerprint density at radius 3 is 2.54 bits per heavy atom. The minimum Gasteiger partial charge on any atom is -0.241 e. The third kappa shape index (κ3) is 1.89. The Morgan fingerprint density at radius 1 is 1.46 bits per heavy atom. The average molecular weight is 195 g/mol. The standard InChI is InChI=1S/C7H5N3O2S/c1-2-13(11,12)7-5-9-6(3-8)4-10-7/h2,4-5H,1H2. The van der Waals surface area contributed by atoms with Gasteiger partial charge in [-0.1, -0.05) is 6.58 Å². The summed E-state index contributed by atoms with van der Waals surface area (Å²) in [5, 5.41) is 8.94. The molecule has 13 heavy (non-hydrogen) atoms. The maximum atomic E-state index is 11.1. The van der Waals surface area contributed by atoms with Gasteiger partial charge in [-0.05, 0) is 0 Å². The van der Waals surface area contributed by atoms with Crippen molar-refractivity contribution in [2.75, 3.05) is 0 Å². The van der Waals surface area contributed by atoms with Gasteiger partial charge in [0.1, 0.15) is 6.07 Å². The van der Waals surface area contributed by atoms with Crippen LogP contribution in [0.25, 0.3) is 0 Å². The van der Waals surface area contributed by atoms with E-state index >= 15 is 0 Å². The molecule has 1 rings (SSSR count). The minimum absolute atomic E-state index is 0.0722. The van der Waals surface area contributed by atoms with Crippen LogP contribution in [0.4, 0.5) is 0 Å². The zero-order valence-electron chi connectivity index (χ0n) is 6.51. The van der Waals surface area contributed by atoms with Gasteiger partial charge in [-0.25, -0.2) is 18.4 Å². The molecule has 0 bridgehead atoms. The molecule has 0 aromatic carbocycles. The molecule has 0 aliphatic carbocycles. The fraction of sp³-hybridized carbons (Fsp3) is 0. The molecule has 1 aromatic heterocycles. The molecule has 0 aliphatic rings. The van der Waals surface area contributed by atoms with Gasteiger partial charge in [-0.3, -0.25) is 0 Å². The lowest BCUT2D eigenvalue weighted by Crippen LogP contribution is -2.00. The molecule has 6 heteroatoms. The van der Waals surface area contributed by atoms with Crippen molar-refractivity contribution in [3.8, 4) is 6.07 Å². The highest BCUT2D eigenvalue weighted by molar-refractivity contribution is 7.94. The Hall–Kier alpha value is -1.74. The molecular formula is C7H5N3O2S. The first kappa shape index (κ1) is 9.35. The lowest BCUT2D eigenvalue weighted by molar-refractivity contribution is 0.600. The first-order valence-corrected chi connectivity index (χ1v) is 4.74. The van der Waals surface area contributed by atoms with Gasteiger partial charge >= 0.3 is 0 Å². The molecule has 1 heterocycles. The zero-order valence-corrected chi connectivity index (χ0v) is 7.32. The second-order valence-electron chi connectivity index (χ2n) is 2.06. The van der Waals surface area contributed by atoms with E-state index in [0.717, 1.165) is 17.8 Å². The average Bonchev–Trinajstić information content (AvgIpc) is 2.18. The van der Waals surface area contributed by atoms with Gasteiger partial charge < -0.3 is 0 Å². The normalized spacial score (nSPS) is 10.4. The van der Waals surface area contributed by atoms with Crippen molar-refractivity contribution in [3.05, 3.63) is 30.1 Å². The van der Waals surface area contributed by atoms with Gasteiger partial charge in [0.05, 0.1) is 12.4 Å². The number of sulfone groups is 1. The number of hydrogen-bond donors (Lipinski definition) is 0. The van der Waals surface area contributed by atoms with Crippen LogP contribution >= 0.6 is 0 Å². The van der Waals surface area contributed by atoms with Gasteiger partial charge in [0, 0.05) is 5.41 Å². The van der Waals surface area contributed by atoms with Crippen molar-refractivity contribution < 1.29 is 8.42 Å². The lowest BCUT2D eigenvalue weighted by Gasteiger charge is -1.95. The van der Waals surface area contributed by atoms with Crippen molar-refractivity contribution in [3.63, 3.8) is 0 Å². The van der Waals surface area contributed by atoms with Crippen LogP contribution in [-0.4, -0.2) is 18.4 Å². The summed E-state index contributed by atoms with van der Waals surface area (Å²) in [5.41, 5.74) is 0.0722. The molecule has 0 unspecified atom stereocenters. The summed E-state index contributed by atoms with van der Waals surface area (Å²) in [5.74, 6) is 0. The summed E-state index contributed by atoms with van der Waals surface area (Å²) in [7, 11) is -3.54. The Labute approximate surface area is 75.3 Å². The summed E-state index contributed by atoms with van der Waals surface area (Å²) in [4.78, 5) is 7.11. The number of nitriles is 1. The van der Waals surface area contributed by atoms with Crippen molar-refractivity contribution in [1.29, 1.82) is 5.26 Å². The molecule has 0 N–H and O–H groups in total. The molecule has 5 nitrogen and oxygen atoms in total. The molecule has 0 fully saturated rings. The van der Waals surface area contributed by atoms with E-state index in [1.54, 1.807) is 6.07 Å². The summed E-state index contributed by atoms with van der Waals surface area (Å²) >= 11 is 0. The zero-order chi connectivity index (χ0) is 9.90. The molecule has 0 radical (unpaired) electrons. The number of rotatable bonds is 2. The van der Waals surface area contributed by atoms with Crippen LogP contribution in [0.2, 0.25) is 0 Å². The Morgan fingerprint density at radius 2 is 2.15 bits per heavy atom. The van der Waals surface area contributed by atoms with E-state index in [2.05, 4.69) is 16.5 Å². The summed E-state index contributed by atoms with van der Waals surface area (Å²) in [6.45, 7) is 3.13. The van der Waals surface area contributed by atoms with Crippen LogP contribution in [0.3, 0.4) is 0 Å². The first-order chi connectivity index (χ1) is 6.10. The molecular weight excluding hydrogens is 190 g/mol. The molecule has 0 amide bonds. The number of nitrogens with zero attached hydrogens (tertiary/aromatic N) is 3. The highest BCUT2D eigenvalue weighted by Gasteiger charge is 2.10. The van der Waals surface area contributed by atoms with Gasteiger partial charge in [0.15, 0.2) is 10.7 Å². The van der Waals surface area contributed by atoms with Crippen LogP contribution in [0, 0.1) is 11.3 Å². The number of aromatic nitrogens is 2. The molecule has 1 aromatic rings. The summed E-state index contributed by atoms with van der Waals surface area (Å²) in [6, 6.07) is 1.73. The van der Waals surface area contributed by atoms with Crippen LogP contribution in [-0.2, 0) is 9.84 Å². The SMILES string of the molecule is C=CS(=O)(=O)c1cnc(C#N)cn1. The van der Waals surface area contributed by atoms with Crippen LogP contribution in [0.5, 0.6) is 0 Å². The maximum absolute atomic E-state index is 11.1. The monoisotopic (exact) mass is 195 g/mol. The van der Waals surface area contributed by atoms with Crippen LogP contribution < -0.4 is 0 Å². The van der Waals surface area contributed by atoms with Crippen LogP contribution in [0.1, 0.15) is 5.69 Å². The van der Waals surface area contributed by atoms with E-state index in [-0.39, 0.29) is 10.7 Å². The Balaban J connectivity index is 3.23. The Bertz CT molecular complexity index is 456. The van der Waals surface area contributed by atoms with E-state index in [4.69, 9.17) is 5.26 Å².